The normalized spacial score (nSPS) is 11.1. The van der Waals surface area contributed by atoms with E-state index in [-0.39, 0.29) is 24.0 Å². The quantitative estimate of drug-likeness (QED) is 0.189. The number of furan rings is 1. The number of nitrogens with zero attached hydrogens (tertiary/aromatic N) is 2. The zero-order chi connectivity index (χ0) is 18.9. The van der Waals surface area contributed by atoms with Gasteiger partial charge in [0.15, 0.2) is 5.96 Å². The Morgan fingerprint density at radius 2 is 1.82 bits per heavy atom. The fraction of sp³-hybridized carbons (Fsp3) is 0.333. The highest BCUT2D eigenvalue weighted by Crippen LogP contribution is 2.24. The first-order valence-corrected chi connectivity index (χ1v) is 9.34. The highest BCUT2D eigenvalue weighted by atomic mass is 127. The summed E-state index contributed by atoms with van der Waals surface area (Å²) in [4.78, 5) is 8.53. The number of unbranched alkanes of at least 4 members (excludes halogenated alkanes) is 1. The average molecular weight is 493 g/mol. The van der Waals surface area contributed by atoms with Crippen molar-refractivity contribution in [2.24, 2.45) is 4.99 Å². The number of rotatable bonds is 8. The lowest BCUT2D eigenvalue weighted by atomic mass is 10.1. The molecule has 0 saturated heterocycles. The minimum absolute atomic E-state index is 0. The summed E-state index contributed by atoms with van der Waals surface area (Å²) in [6.07, 6.45) is 3.90. The Labute approximate surface area is 183 Å². The third kappa shape index (κ3) is 6.12. The summed E-state index contributed by atoms with van der Waals surface area (Å²) in [7, 11) is 1.78. The molecule has 0 radical (unpaired) electrons. The van der Waals surface area contributed by atoms with Crippen LogP contribution in [0.3, 0.4) is 0 Å². The molecular weight excluding hydrogens is 465 g/mol. The van der Waals surface area contributed by atoms with E-state index in [1.165, 1.54) is 5.56 Å². The van der Waals surface area contributed by atoms with Crippen molar-refractivity contribution in [1.29, 1.82) is 0 Å². The summed E-state index contributed by atoms with van der Waals surface area (Å²) < 4.78 is 5.93. The number of halogens is 1. The molecule has 0 saturated carbocycles. The molecule has 0 amide bonds. The zero-order valence-corrected chi connectivity index (χ0v) is 18.7. The van der Waals surface area contributed by atoms with Crippen LogP contribution in [0, 0.1) is 6.92 Å². The van der Waals surface area contributed by atoms with Crippen molar-refractivity contribution in [1.82, 2.24) is 15.6 Å². The number of hydrogen-bond acceptors (Lipinski definition) is 4. The number of hydrogen-bond donors (Lipinski definition) is 3. The van der Waals surface area contributed by atoms with Gasteiger partial charge in [0, 0.05) is 37.3 Å². The fourth-order valence-electron chi connectivity index (χ4n) is 2.92. The van der Waals surface area contributed by atoms with E-state index in [0.29, 0.717) is 6.54 Å². The van der Waals surface area contributed by atoms with Crippen LogP contribution in [0.1, 0.15) is 24.2 Å². The van der Waals surface area contributed by atoms with Crippen molar-refractivity contribution < 1.29 is 4.42 Å². The van der Waals surface area contributed by atoms with Crippen molar-refractivity contribution >= 4 is 46.7 Å². The molecule has 2 heterocycles. The number of para-hydroxylation sites is 1. The lowest BCUT2D eigenvalue weighted by Crippen LogP contribution is -2.37. The summed E-state index contributed by atoms with van der Waals surface area (Å²) in [5, 5.41) is 11.1. The highest BCUT2D eigenvalue weighted by Gasteiger charge is 2.10. The zero-order valence-electron chi connectivity index (χ0n) is 16.4. The molecular formula is C21H28IN5O. The minimum atomic E-state index is 0. The van der Waals surface area contributed by atoms with Crippen LogP contribution in [0.4, 0.5) is 5.82 Å². The molecule has 150 valence electrons. The summed E-state index contributed by atoms with van der Waals surface area (Å²) in [6.45, 7) is 4.47. The smallest absolute Gasteiger partial charge is 0.191 e. The van der Waals surface area contributed by atoms with E-state index >= 15 is 0 Å². The van der Waals surface area contributed by atoms with E-state index < -0.39 is 0 Å². The van der Waals surface area contributed by atoms with Crippen LogP contribution in [0.25, 0.3) is 11.0 Å². The van der Waals surface area contributed by atoms with E-state index in [2.05, 4.69) is 38.9 Å². The maximum absolute atomic E-state index is 5.93. The maximum atomic E-state index is 5.93. The number of fused-ring (bicyclic) bond motifs is 1. The predicted molar refractivity (Wildman–Crippen MR) is 127 cm³/mol. The Hall–Kier alpha value is -2.29. The van der Waals surface area contributed by atoms with E-state index in [9.17, 15) is 0 Å². The van der Waals surface area contributed by atoms with Gasteiger partial charge in [0.1, 0.15) is 17.2 Å². The Morgan fingerprint density at radius 1 is 1.04 bits per heavy atom. The second-order valence-corrected chi connectivity index (χ2v) is 6.35. The molecule has 0 fully saturated rings. The fourth-order valence-corrected chi connectivity index (χ4v) is 2.92. The summed E-state index contributed by atoms with van der Waals surface area (Å²) >= 11 is 0. The van der Waals surface area contributed by atoms with Crippen LogP contribution >= 0.6 is 24.0 Å². The molecule has 0 spiro atoms. The molecule has 2 aromatic heterocycles. The van der Waals surface area contributed by atoms with Crippen LogP contribution in [-0.2, 0) is 6.54 Å². The number of pyridine rings is 1. The van der Waals surface area contributed by atoms with Crippen LogP contribution in [0.15, 0.2) is 58.1 Å². The second kappa shape index (κ2) is 11.5. The molecule has 3 N–H and O–H groups in total. The largest absolute Gasteiger partial charge is 0.459 e. The van der Waals surface area contributed by atoms with Crippen LogP contribution in [0.2, 0.25) is 0 Å². The first kappa shape index (κ1) is 22.0. The molecule has 3 aromatic rings. The van der Waals surface area contributed by atoms with E-state index in [1.54, 1.807) is 13.2 Å². The summed E-state index contributed by atoms with van der Waals surface area (Å²) in [5.41, 5.74) is 2.10. The van der Waals surface area contributed by atoms with Gasteiger partial charge in [-0.05, 0) is 38.0 Å². The molecule has 3 rings (SSSR count). The second-order valence-electron chi connectivity index (χ2n) is 6.35. The van der Waals surface area contributed by atoms with Gasteiger partial charge >= 0.3 is 0 Å². The molecule has 7 heteroatoms. The Bertz CT molecular complexity index is 879. The molecule has 1 aromatic carbocycles. The average Bonchev–Trinajstić information content (AvgIpc) is 3.03. The monoisotopic (exact) mass is 493 g/mol. The SMILES string of the molecule is CN=C(NCCCCNc1ccccn1)NCc1oc2ccccc2c1C.I. The third-order valence-electron chi connectivity index (χ3n) is 4.45. The van der Waals surface area contributed by atoms with Crippen LogP contribution < -0.4 is 16.0 Å². The standard InChI is InChI=1S/C21H27N5O.HI/c1-16-17-9-3-4-10-18(17)27-19(16)15-26-21(22-2)25-14-8-7-13-24-20-11-5-6-12-23-20;/h3-6,9-12H,7-8,13-15H2,1-2H3,(H,23,24)(H2,22,25,26);1H. The lowest BCUT2D eigenvalue weighted by Gasteiger charge is -2.11. The molecule has 6 nitrogen and oxygen atoms in total. The van der Waals surface area contributed by atoms with Crippen molar-refractivity contribution in [3.8, 4) is 0 Å². The Morgan fingerprint density at radius 3 is 2.57 bits per heavy atom. The van der Waals surface area contributed by atoms with E-state index in [4.69, 9.17) is 4.42 Å². The third-order valence-corrected chi connectivity index (χ3v) is 4.45. The number of aromatic nitrogens is 1. The van der Waals surface area contributed by atoms with Gasteiger partial charge in [-0.1, -0.05) is 24.3 Å². The summed E-state index contributed by atoms with van der Waals surface area (Å²) in [5.74, 6) is 2.65. The molecule has 0 atom stereocenters. The van der Waals surface area contributed by atoms with Gasteiger partial charge in [-0.3, -0.25) is 4.99 Å². The lowest BCUT2D eigenvalue weighted by molar-refractivity contribution is 0.534. The van der Waals surface area contributed by atoms with Crippen molar-refractivity contribution in [3.05, 3.63) is 60.0 Å². The van der Waals surface area contributed by atoms with Crippen molar-refractivity contribution in [2.45, 2.75) is 26.3 Å². The predicted octanol–water partition coefficient (Wildman–Crippen LogP) is 4.31. The molecule has 0 bridgehead atoms. The van der Waals surface area contributed by atoms with Gasteiger partial charge in [0.2, 0.25) is 0 Å². The van der Waals surface area contributed by atoms with Gasteiger partial charge < -0.3 is 20.4 Å². The molecule has 0 unspecified atom stereocenters. The topological polar surface area (TPSA) is 74.5 Å². The summed E-state index contributed by atoms with van der Waals surface area (Å²) in [6, 6.07) is 14.0. The van der Waals surface area contributed by atoms with E-state index in [0.717, 1.165) is 54.4 Å². The minimum Gasteiger partial charge on any atom is -0.459 e. The van der Waals surface area contributed by atoms with Gasteiger partial charge in [-0.25, -0.2) is 4.98 Å². The molecule has 0 aliphatic rings. The number of benzene rings is 1. The molecule has 0 aliphatic heterocycles. The highest BCUT2D eigenvalue weighted by molar-refractivity contribution is 14.0. The van der Waals surface area contributed by atoms with Gasteiger partial charge in [0.05, 0.1) is 6.54 Å². The van der Waals surface area contributed by atoms with Crippen molar-refractivity contribution in [3.63, 3.8) is 0 Å². The maximum Gasteiger partial charge on any atom is 0.191 e. The van der Waals surface area contributed by atoms with Crippen LogP contribution in [0.5, 0.6) is 0 Å². The van der Waals surface area contributed by atoms with Gasteiger partial charge in [0.25, 0.3) is 0 Å². The molecule has 0 aliphatic carbocycles. The number of nitrogens with one attached hydrogen (secondary N) is 3. The number of aryl methyl sites for hydroxylation is 1. The first-order chi connectivity index (χ1) is 13.3. The van der Waals surface area contributed by atoms with Crippen LogP contribution in [-0.4, -0.2) is 31.1 Å². The Balaban J connectivity index is 0.00000280. The number of aliphatic imine (C=N–C) groups is 1. The number of guanidine groups is 1. The Kier molecular flexibility index (Phi) is 9.06. The number of anilines is 1. The first-order valence-electron chi connectivity index (χ1n) is 9.34. The van der Waals surface area contributed by atoms with Gasteiger partial charge in [-0.2, -0.15) is 0 Å². The van der Waals surface area contributed by atoms with Gasteiger partial charge in [-0.15, -0.1) is 24.0 Å². The molecule has 28 heavy (non-hydrogen) atoms. The van der Waals surface area contributed by atoms with E-state index in [1.807, 2.05) is 36.4 Å². The van der Waals surface area contributed by atoms with Crippen molar-refractivity contribution in [2.75, 3.05) is 25.5 Å².